The first-order valence-corrected chi connectivity index (χ1v) is 7.51. The van der Waals surface area contributed by atoms with Gasteiger partial charge in [-0.2, -0.15) is 0 Å². The number of fused-ring (bicyclic) bond motifs is 2. The van der Waals surface area contributed by atoms with E-state index in [4.69, 9.17) is 4.74 Å². The first-order valence-electron chi connectivity index (χ1n) is 7.51. The summed E-state index contributed by atoms with van der Waals surface area (Å²) in [4.78, 5) is 25.3. The smallest absolute Gasteiger partial charge is 0.326 e. The number of ether oxygens (including phenoxy) is 1. The first kappa shape index (κ1) is 16.0. The monoisotopic (exact) mass is 300 g/mol. The minimum absolute atomic E-state index is 0.0344. The number of carboxylic acid groups (broad SMARTS) is 1. The number of urea groups is 1. The maximum Gasteiger partial charge on any atom is 0.326 e. The van der Waals surface area contributed by atoms with Gasteiger partial charge in [0.05, 0.1) is 6.10 Å². The van der Waals surface area contributed by atoms with E-state index in [9.17, 15) is 19.8 Å². The van der Waals surface area contributed by atoms with Gasteiger partial charge in [0.2, 0.25) is 0 Å². The Labute approximate surface area is 124 Å². The highest BCUT2D eigenvalue weighted by molar-refractivity contribution is 5.83. The number of carbonyl (C=O) groups is 2. The van der Waals surface area contributed by atoms with Crippen LogP contribution < -0.4 is 5.32 Å². The van der Waals surface area contributed by atoms with Crippen LogP contribution in [0.2, 0.25) is 0 Å². The maximum atomic E-state index is 12.4. The lowest BCUT2D eigenvalue weighted by Crippen LogP contribution is -2.55. The van der Waals surface area contributed by atoms with Crippen molar-refractivity contribution in [1.82, 2.24) is 10.2 Å². The molecule has 3 unspecified atom stereocenters. The molecule has 0 aromatic carbocycles. The number of aliphatic carboxylic acids is 1. The van der Waals surface area contributed by atoms with E-state index in [1.165, 1.54) is 0 Å². The van der Waals surface area contributed by atoms with Crippen LogP contribution in [0, 0.1) is 0 Å². The van der Waals surface area contributed by atoms with Crippen LogP contribution in [0.5, 0.6) is 0 Å². The molecule has 120 valence electrons. The number of nitrogens with one attached hydrogen (secondary N) is 1. The lowest BCUT2D eigenvalue weighted by atomic mass is 10.0. The number of amides is 2. The molecule has 2 aliphatic rings. The molecule has 21 heavy (non-hydrogen) atoms. The Morgan fingerprint density at radius 2 is 1.95 bits per heavy atom. The van der Waals surface area contributed by atoms with Gasteiger partial charge in [0.25, 0.3) is 0 Å². The van der Waals surface area contributed by atoms with E-state index in [0.29, 0.717) is 32.3 Å². The molecule has 0 radical (unpaired) electrons. The SMILES string of the molecule is COCCCC(NC(=O)N1C2CCC1CC(O)C2)C(=O)O. The summed E-state index contributed by atoms with van der Waals surface area (Å²) < 4.78 is 4.91. The summed E-state index contributed by atoms with van der Waals surface area (Å²) in [6, 6.07) is -1.14. The molecule has 2 amide bonds. The van der Waals surface area contributed by atoms with Crippen LogP contribution in [0.15, 0.2) is 0 Å². The summed E-state index contributed by atoms with van der Waals surface area (Å²) in [6.45, 7) is 0.473. The third kappa shape index (κ3) is 3.85. The van der Waals surface area contributed by atoms with Gasteiger partial charge in [-0.3, -0.25) is 0 Å². The molecule has 7 heteroatoms. The number of aliphatic hydroxyl groups excluding tert-OH is 1. The molecule has 2 rings (SSSR count). The number of nitrogens with zero attached hydrogens (tertiary/aromatic N) is 1. The van der Waals surface area contributed by atoms with Gasteiger partial charge in [0.1, 0.15) is 6.04 Å². The van der Waals surface area contributed by atoms with Gasteiger partial charge in [-0.1, -0.05) is 0 Å². The highest BCUT2D eigenvalue weighted by atomic mass is 16.5. The number of hydrogen-bond acceptors (Lipinski definition) is 4. The Morgan fingerprint density at radius 1 is 1.33 bits per heavy atom. The van der Waals surface area contributed by atoms with Crippen molar-refractivity contribution >= 4 is 12.0 Å². The number of carbonyl (C=O) groups excluding carboxylic acids is 1. The van der Waals surface area contributed by atoms with Crippen LogP contribution in [-0.2, 0) is 9.53 Å². The summed E-state index contributed by atoms with van der Waals surface area (Å²) in [5.74, 6) is -1.02. The average molecular weight is 300 g/mol. The fraction of sp³-hybridized carbons (Fsp3) is 0.857. The molecule has 3 atom stereocenters. The van der Waals surface area contributed by atoms with Crippen molar-refractivity contribution in [3.05, 3.63) is 0 Å². The predicted molar refractivity (Wildman–Crippen MR) is 75.0 cm³/mol. The van der Waals surface area contributed by atoms with E-state index >= 15 is 0 Å². The third-order valence-electron chi connectivity index (χ3n) is 4.38. The number of aliphatic hydroxyl groups is 1. The summed E-state index contributed by atoms with van der Waals surface area (Å²) in [5.41, 5.74) is 0. The number of rotatable bonds is 6. The molecule has 0 spiro atoms. The molecule has 3 N–H and O–H groups in total. The number of hydrogen-bond donors (Lipinski definition) is 3. The zero-order valence-corrected chi connectivity index (χ0v) is 12.3. The number of carboxylic acids is 1. The van der Waals surface area contributed by atoms with E-state index in [-0.39, 0.29) is 24.2 Å². The largest absolute Gasteiger partial charge is 0.480 e. The molecular formula is C14H24N2O5. The summed E-state index contributed by atoms with van der Waals surface area (Å²) >= 11 is 0. The fourth-order valence-corrected chi connectivity index (χ4v) is 3.39. The van der Waals surface area contributed by atoms with Crippen molar-refractivity contribution in [2.75, 3.05) is 13.7 Å². The Morgan fingerprint density at radius 3 is 2.48 bits per heavy atom. The van der Waals surface area contributed by atoms with Crippen molar-refractivity contribution < 1.29 is 24.5 Å². The molecule has 2 bridgehead atoms. The van der Waals surface area contributed by atoms with Crippen molar-refractivity contribution in [1.29, 1.82) is 0 Å². The van der Waals surface area contributed by atoms with E-state index in [0.717, 1.165) is 12.8 Å². The van der Waals surface area contributed by atoms with Crippen LogP contribution in [0.4, 0.5) is 4.79 Å². The minimum Gasteiger partial charge on any atom is -0.480 e. The second kappa shape index (κ2) is 7.09. The number of piperidine rings is 1. The van der Waals surface area contributed by atoms with Gasteiger partial charge in [-0.15, -0.1) is 0 Å². The normalized spacial score (nSPS) is 29.2. The molecule has 0 aromatic rings. The van der Waals surface area contributed by atoms with E-state index in [2.05, 4.69) is 5.32 Å². The third-order valence-corrected chi connectivity index (χ3v) is 4.38. The molecular weight excluding hydrogens is 276 g/mol. The fourth-order valence-electron chi connectivity index (χ4n) is 3.39. The van der Waals surface area contributed by atoms with Gasteiger partial charge < -0.3 is 25.2 Å². The Bertz CT molecular complexity index is 376. The van der Waals surface area contributed by atoms with Gasteiger partial charge >= 0.3 is 12.0 Å². The van der Waals surface area contributed by atoms with E-state index in [1.54, 1.807) is 12.0 Å². The van der Waals surface area contributed by atoms with E-state index in [1.807, 2.05) is 0 Å². The molecule has 0 aliphatic carbocycles. The first-order chi connectivity index (χ1) is 10.0. The minimum atomic E-state index is -1.02. The quantitative estimate of drug-likeness (QED) is 0.623. The predicted octanol–water partition coefficient (Wildman–Crippen LogP) is 0.564. The van der Waals surface area contributed by atoms with Gasteiger partial charge in [-0.05, 0) is 38.5 Å². The van der Waals surface area contributed by atoms with Crippen LogP contribution in [0.25, 0.3) is 0 Å². The molecule has 2 saturated heterocycles. The second-order valence-electron chi connectivity index (χ2n) is 5.89. The van der Waals surface area contributed by atoms with Crippen molar-refractivity contribution in [2.45, 2.75) is 62.8 Å². The van der Waals surface area contributed by atoms with E-state index < -0.39 is 12.0 Å². The van der Waals surface area contributed by atoms with Crippen molar-refractivity contribution in [3.8, 4) is 0 Å². The number of methoxy groups -OCH3 is 1. The zero-order valence-electron chi connectivity index (χ0n) is 12.3. The lowest BCUT2D eigenvalue weighted by Gasteiger charge is -2.37. The second-order valence-corrected chi connectivity index (χ2v) is 5.89. The van der Waals surface area contributed by atoms with Gasteiger partial charge in [-0.25, -0.2) is 9.59 Å². The van der Waals surface area contributed by atoms with Crippen LogP contribution >= 0.6 is 0 Å². The summed E-state index contributed by atoms with van der Waals surface area (Å²) in [6.07, 6.45) is 3.53. The van der Waals surface area contributed by atoms with Crippen LogP contribution in [0.3, 0.4) is 0 Å². The maximum absolute atomic E-state index is 12.4. The molecule has 0 saturated carbocycles. The van der Waals surface area contributed by atoms with Gasteiger partial charge in [0, 0.05) is 25.8 Å². The van der Waals surface area contributed by atoms with Crippen LogP contribution in [0.1, 0.15) is 38.5 Å². The van der Waals surface area contributed by atoms with Crippen molar-refractivity contribution in [2.24, 2.45) is 0 Å². The Balaban J connectivity index is 1.91. The Kier molecular flexibility index (Phi) is 5.41. The topological polar surface area (TPSA) is 99.1 Å². The molecule has 2 aliphatic heterocycles. The zero-order chi connectivity index (χ0) is 15.4. The van der Waals surface area contributed by atoms with Crippen molar-refractivity contribution in [3.63, 3.8) is 0 Å². The average Bonchev–Trinajstić information content (AvgIpc) is 2.70. The molecule has 2 fully saturated rings. The van der Waals surface area contributed by atoms with Crippen LogP contribution in [-0.4, -0.2) is 65.1 Å². The highest BCUT2D eigenvalue weighted by Gasteiger charge is 2.43. The summed E-state index contributed by atoms with van der Waals surface area (Å²) in [7, 11) is 1.56. The van der Waals surface area contributed by atoms with Gasteiger partial charge in [0.15, 0.2) is 0 Å². The Hall–Kier alpha value is -1.34. The highest BCUT2D eigenvalue weighted by Crippen LogP contribution is 2.35. The lowest BCUT2D eigenvalue weighted by molar-refractivity contribution is -0.139. The molecule has 7 nitrogen and oxygen atoms in total. The summed E-state index contributed by atoms with van der Waals surface area (Å²) in [5, 5.41) is 21.5. The standard InChI is InChI=1S/C14H24N2O5/c1-21-6-2-3-12(13(18)19)15-14(20)16-9-4-5-10(16)8-11(17)7-9/h9-12,17H,2-8H2,1H3,(H,15,20)(H,18,19). The molecule has 2 heterocycles. The molecule has 0 aromatic heterocycles.